The van der Waals surface area contributed by atoms with E-state index in [1.807, 2.05) is 6.07 Å². The number of nitrogens with zero attached hydrogens (tertiary/aromatic N) is 3. The molecule has 0 saturated heterocycles. The molecule has 29 heavy (non-hydrogen) atoms. The molecule has 0 bridgehead atoms. The van der Waals surface area contributed by atoms with Gasteiger partial charge in [-0.3, -0.25) is 4.79 Å². The Balaban J connectivity index is 1.76. The molecule has 1 amide bonds. The fraction of sp³-hybridized carbons (Fsp3) is 0. The number of aromatic nitrogens is 2. The van der Waals surface area contributed by atoms with Crippen molar-refractivity contribution in [2.24, 2.45) is 0 Å². The van der Waals surface area contributed by atoms with Gasteiger partial charge in [0.15, 0.2) is 5.82 Å². The van der Waals surface area contributed by atoms with Gasteiger partial charge in [0, 0.05) is 15.4 Å². The van der Waals surface area contributed by atoms with Crippen LogP contribution in [0.3, 0.4) is 0 Å². The number of amides is 1. The first-order valence-electron chi connectivity index (χ1n) is 8.25. The molecule has 0 unspecified atom stereocenters. The Kier molecular flexibility index (Phi) is 4.80. The van der Waals surface area contributed by atoms with E-state index in [1.54, 1.807) is 42.5 Å². The van der Waals surface area contributed by atoms with Crippen LogP contribution in [0, 0.1) is 11.3 Å². The molecule has 142 valence electrons. The monoisotopic (exact) mass is 424 g/mol. The van der Waals surface area contributed by atoms with Gasteiger partial charge in [0.2, 0.25) is 0 Å². The SMILES string of the molecule is N#Cc1cnn(-c2ccc(Cl)cc2)c1NC(=O)c1cc2cc(Cl)ccc2oc1=O. The highest BCUT2D eigenvalue weighted by molar-refractivity contribution is 6.31. The second-order valence-electron chi connectivity index (χ2n) is 5.99. The summed E-state index contributed by atoms with van der Waals surface area (Å²) in [6, 6.07) is 14.7. The lowest BCUT2D eigenvalue weighted by Gasteiger charge is -2.10. The Hall–Kier alpha value is -3.60. The molecule has 2 aromatic carbocycles. The van der Waals surface area contributed by atoms with Crippen LogP contribution in [0.1, 0.15) is 15.9 Å². The predicted octanol–water partition coefficient (Wildman–Crippen LogP) is 4.41. The molecule has 0 aliphatic heterocycles. The minimum atomic E-state index is -0.812. The second-order valence-corrected chi connectivity index (χ2v) is 6.86. The predicted molar refractivity (Wildman–Crippen MR) is 109 cm³/mol. The summed E-state index contributed by atoms with van der Waals surface area (Å²) in [6.07, 6.45) is 1.31. The molecule has 4 rings (SSSR count). The third-order valence-electron chi connectivity index (χ3n) is 4.13. The maximum Gasteiger partial charge on any atom is 0.349 e. The largest absolute Gasteiger partial charge is 0.422 e. The lowest BCUT2D eigenvalue weighted by Crippen LogP contribution is -2.22. The summed E-state index contributed by atoms with van der Waals surface area (Å²) >= 11 is 11.9. The quantitative estimate of drug-likeness (QED) is 0.490. The zero-order valence-corrected chi connectivity index (χ0v) is 16.0. The van der Waals surface area contributed by atoms with Gasteiger partial charge in [-0.05, 0) is 48.5 Å². The first-order chi connectivity index (χ1) is 14.0. The highest BCUT2D eigenvalue weighted by atomic mass is 35.5. The molecule has 1 N–H and O–H groups in total. The van der Waals surface area contributed by atoms with Crippen molar-refractivity contribution in [1.29, 1.82) is 5.26 Å². The van der Waals surface area contributed by atoms with Crippen LogP contribution in [-0.2, 0) is 0 Å². The van der Waals surface area contributed by atoms with Crippen molar-refractivity contribution in [1.82, 2.24) is 9.78 Å². The Labute approximate surface area is 173 Å². The lowest BCUT2D eigenvalue weighted by molar-refractivity contribution is 0.102. The van der Waals surface area contributed by atoms with Crippen LogP contribution in [0.4, 0.5) is 5.82 Å². The van der Waals surface area contributed by atoms with E-state index in [2.05, 4.69) is 10.4 Å². The molecule has 9 heteroatoms. The van der Waals surface area contributed by atoms with E-state index in [9.17, 15) is 14.9 Å². The van der Waals surface area contributed by atoms with E-state index < -0.39 is 11.5 Å². The minimum absolute atomic E-state index is 0.116. The number of nitriles is 1. The summed E-state index contributed by atoms with van der Waals surface area (Å²) in [6.45, 7) is 0. The molecule has 0 spiro atoms. The van der Waals surface area contributed by atoms with Crippen LogP contribution >= 0.6 is 23.2 Å². The van der Waals surface area contributed by atoms with E-state index in [0.29, 0.717) is 26.7 Å². The summed E-state index contributed by atoms with van der Waals surface area (Å²) in [5.41, 5.74) is -0.0363. The molecule has 0 aliphatic rings. The van der Waals surface area contributed by atoms with Crippen LogP contribution in [0.25, 0.3) is 16.7 Å². The van der Waals surface area contributed by atoms with Crippen molar-refractivity contribution >= 4 is 45.9 Å². The number of rotatable bonds is 3. The molecule has 0 radical (unpaired) electrons. The number of fused-ring (bicyclic) bond motifs is 1. The Morgan fingerprint density at radius 3 is 2.55 bits per heavy atom. The molecule has 4 aromatic rings. The van der Waals surface area contributed by atoms with Crippen molar-refractivity contribution < 1.29 is 9.21 Å². The van der Waals surface area contributed by atoms with Gasteiger partial charge in [0.05, 0.1) is 11.9 Å². The average Bonchev–Trinajstić information content (AvgIpc) is 3.10. The highest BCUT2D eigenvalue weighted by Crippen LogP contribution is 2.23. The van der Waals surface area contributed by atoms with Gasteiger partial charge in [-0.15, -0.1) is 0 Å². The normalized spacial score (nSPS) is 10.7. The third kappa shape index (κ3) is 3.59. The first-order valence-corrected chi connectivity index (χ1v) is 9.00. The first kappa shape index (κ1) is 18.7. The van der Waals surface area contributed by atoms with Gasteiger partial charge in [-0.1, -0.05) is 23.2 Å². The fourth-order valence-corrected chi connectivity index (χ4v) is 3.06. The molecule has 0 saturated carbocycles. The van der Waals surface area contributed by atoms with Crippen LogP contribution in [-0.4, -0.2) is 15.7 Å². The van der Waals surface area contributed by atoms with Crippen LogP contribution < -0.4 is 10.9 Å². The number of nitrogens with one attached hydrogen (secondary N) is 1. The Morgan fingerprint density at radius 2 is 1.83 bits per heavy atom. The summed E-state index contributed by atoms with van der Waals surface area (Å²) in [4.78, 5) is 25.1. The number of carbonyl (C=O) groups is 1. The lowest BCUT2D eigenvalue weighted by atomic mass is 10.1. The van der Waals surface area contributed by atoms with E-state index in [0.717, 1.165) is 0 Å². The average molecular weight is 425 g/mol. The van der Waals surface area contributed by atoms with E-state index in [-0.39, 0.29) is 16.9 Å². The van der Waals surface area contributed by atoms with Gasteiger partial charge in [-0.25, -0.2) is 9.48 Å². The molecule has 0 fully saturated rings. The maximum atomic E-state index is 12.8. The van der Waals surface area contributed by atoms with Crippen LogP contribution in [0.15, 0.2) is 63.9 Å². The topological polar surface area (TPSA) is 101 Å². The van der Waals surface area contributed by atoms with Crippen molar-refractivity contribution in [3.8, 4) is 11.8 Å². The highest BCUT2D eigenvalue weighted by Gasteiger charge is 2.19. The minimum Gasteiger partial charge on any atom is -0.422 e. The zero-order chi connectivity index (χ0) is 20.5. The number of hydrogen-bond donors (Lipinski definition) is 1. The summed E-state index contributed by atoms with van der Waals surface area (Å²) in [5.74, 6) is -0.627. The molecule has 0 atom stereocenters. The number of benzene rings is 2. The van der Waals surface area contributed by atoms with E-state index in [4.69, 9.17) is 27.6 Å². The van der Waals surface area contributed by atoms with Gasteiger partial charge >= 0.3 is 5.63 Å². The zero-order valence-electron chi connectivity index (χ0n) is 14.5. The van der Waals surface area contributed by atoms with Gasteiger partial charge in [0.25, 0.3) is 5.91 Å². The van der Waals surface area contributed by atoms with Gasteiger partial charge < -0.3 is 9.73 Å². The fourth-order valence-electron chi connectivity index (χ4n) is 2.76. The summed E-state index contributed by atoms with van der Waals surface area (Å²) < 4.78 is 6.56. The molecule has 2 heterocycles. The number of halogens is 2. The van der Waals surface area contributed by atoms with Crippen LogP contribution in [0.2, 0.25) is 10.0 Å². The standard InChI is InChI=1S/C20H10Cl2N4O3/c21-13-1-4-15(5-2-13)26-18(12(9-23)10-24-26)25-19(27)16-8-11-7-14(22)3-6-17(11)29-20(16)28/h1-8,10H,(H,25,27). The molecule has 7 nitrogen and oxygen atoms in total. The number of hydrogen-bond acceptors (Lipinski definition) is 5. The smallest absolute Gasteiger partial charge is 0.349 e. The Bertz CT molecular complexity index is 1350. The molecule has 2 aromatic heterocycles. The van der Waals surface area contributed by atoms with Crippen molar-refractivity contribution in [3.05, 3.63) is 86.3 Å². The molecular formula is C20H10Cl2N4O3. The van der Waals surface area contributed by atoms with E-state index >= 15 is 0 Å². The van der Waals surface area contributed by atoms with Gasteiger partial charge in [-0.2, -0.15) is 10.4 Å². The third-order valence-corrected chi connectivity index (χ3v) is 4.62. The number of carbonyl (C=O) groups excluding carboxylic acids is 1. The van der Waals surface area contributed by atoms with Crippen molar-refractivity contribution in [2.45, 2.75) is 0 Å². The maximum absolute atomic E-state index is 12.8. The van der Waals surface area contributed by atoms with Crippen molar-refractivity contribution in [2.75, 3.05) is 5.32 Å². The summed E-state index contributed by atoms with van der Waals surface area (Å²) in [5, 5.41) is 17.5. The van der Waals surface area contributed by atoms with Gasteiger partial charge in [0.1, 0.15) is 22.8 Å². The molecule has 0 aliphatic carbocycles. The molecular weight excluding hydrogens is 415 g/mol. The van der Waals surface area contributed by atoms with Crippen LogP contribution in [0.5, 0.6) is 0 Å². The van der Waals surface area contributed by atoms with E-state index in [1.165, 1.54) is 16.9 Å². The summed E-state index contributed by atoms with van der Waals surface area (Å²) in [7, 11) is 0. The Morgan fingerprint density at radius 1 is 1.10 bits per heavy atom. The number of anilines is 1. The second kappa shape index (κ2) is 7.43. The van der Waals surface area contributed by atoms with Crippen molar-refractivity contribution in [3.63, 3.8) is 0 Å².